The summed E-state index contributed by atoms with van der Waals surface area (Å²) >= 11 is 1.53. The summed E-state index contributed by atoms with van der Waals surface area (Å²) in [6.07, 6.45) is 5.38. The van der Waals surface area contributed by atoms with Crippen LogP contribution in [0.3, 0.4) is 0 Å². The summed E-state index contributed by atoms with van der Waals surface area (Å²) in [4.78, 5) is 38.8. The number of esters is 1. The number of hydrogen-bond acceptors (Lipinski definition) is 8. The van der Waals surface area contributed by atoms with Gasteiger partial charge in [0.05, 0.1) is 24.9 Å². The van der Waals surface area contributed by atoms with Gasteiger partial charge < -0.3 is 19.4 Å². The maximum absolute atomic E-state index is 13.2. The van der Waals surface area contributed by atoms with Crippen LogP contribution in [-0.2, 0) is 30.2 Å². The summed E-state index contributed by atoms with van der Waals surface area (Å²) in [7, 11) is 2.61. The first kappa shape index (κ1) is 28.5. The first-order valence-electron chi connectivity index (χ1n) is 11.7. The third-order valence-electron chi connectivity index (χ3n) is 5.47. The highest BCUT2D eigenvalue weighted by Gasteiger charge is 2.31. The number of thioether (sulfide) groups is 1. The number of carbonyl (C=O) groups excluding carboxylic acids is 3. The van der Waals surface area contributed by atoms with Crippen molar-refractivity contribution in [3.63, 3.8) is 0 Å². The second-order valence-corrected chi connectivity index (χ2v) is 9.82. The zero-order chi connectivity index (χ0) is 25.6. The lowest BCUT2D eigenvalue weighted by molar-refractivity contribution is -0.146. The zero-order valence-corrected chi connectivity index (χ0v) is 21.3. The molecule has 0 saturated heterocycles. The van der Waals surface area contributed by atoms with Gasteiger partial charge in [0.2, 0.25) is 5.91 Å². The smallest absolute Gasteiger partial charge is 0.384 e. The normalized spacial score (nSPS) is 22.2. The monoisotopic (exact) mass is 501 g/mol. The Morgan fingerprint density at radius 2 is 2.00 bits per heavy atom. The maximum Gasteiger partial charge on any atom is 0.384 e. The average Bonchev–Trinajstić information content (AvgIpc) is 2.84. The maximum atomic E-state index is 13.2. The molecule has 0 saturated carbocycles. The number of Topliss-reactive ketones (excluding diaryl/α,β-unsaturated/α-hetero) is 1. The summed E-state index contributed by atoms with van der Waals surface area (Å²) in [6.45, 7) is 4.35. The molecule has 3 rings (SSSR count). The Balaban J connectivity index is 2.31. The van der Waals surface area contributed by atoms with Crippen LogP contribution in [0.25, 0.3) is 0 Å². The van der Waals surface area contributed by atoms with E-state index in [2.05, 4.69) is 5.32 Å². The standard InChI is InChI=1S/C25H34BN2O6S/c1-17(2)12-22-23(29)14-19(25(31)32-3)15-35-11-5-4-10-33-20-8-6-18(7-9-20)13-21(24(30)28-22)26-34-16-27/h4-9,16-17,19,21-22,27H,10-15H2,1-3H3,(H,28,30)/t19-,21-,22-/m0/s1. The fraction of sp³-hybridized carbons (Fsp3) is 0.520. The molecule has 0 aliphatic carbocycles. The van der Waals surface area contributed by atoms with Crippen molar-refractivity contribution in [3.8, 4) is 5.75 Å². The second-order valence-electron chi connectivity index (χ2n) is 8.75. The van der Waals surface area contributed by atoms with Crippen molar-refractivity contribution in [1.29, 1.82) is 5.41 Å². The Kier molecular flexibility index (Phi) is 12.4. The van der Waals surface area contributed by atoms with Crippen LogP contribution in [0.1, 0.15) is 32.3 Å². The molecule has 0 fully saturated rings. The van der Waals surface area contributed by atoms with E-state index in [9.17, 15) is 14.4 Å². The minimum atomic E-state index is -0.742. The molecule has 3 atom stereocenters. The number of rotatable bonds is 6. The highest BCUT2D eigenvalue weighted by atomic mass is 32.2. The van der Waals surface area contributed by atoms with Crippen LogP contribution in [0.2, 0.25) is 5.82 Å². The number of nitrogens with one attached hydrogen (secondary N) is 2. The first-order chi connectivity index (χ1) is 16.8. The molecule has 0 spiro atoms. The van der Waals surface area contributed by atoms with Gasteiger partial charge in [-0.15, -0.1) is 0 Å². The van der Waals surface area contributed by atoms with E-state index >= 15 is 0 Å². The molecule has 2 N–H and O–H groups in total. The molecule has 35 heavy (non-hydrogen) atoms. The molecule has 10 heteroatoms. The number of carbonyl (C=O) groups is 3. The lowest BCUT2D eigenvalue weighted by atomic mass is 9.75. The van der Waals surface area contributed by atoms with Gasteiger partial charge in [0, 0.05) is 17.9 Å². The van der Waals surface area contributed by atoms with Crippen LogP contribution in [0, 0.1) is 17.2 Å². The highest BCUT2D eigenvalue weighted by molar-refractivity contribution is 7.99. The van der Waals surface area contributed by atoms with Crippen LogP contribution in [-0.4, -0.2) is 62.8 Å². The summed E-state index contributed by atoms with van der Waals surface area (Å²) < 4.78 is 15.7. The lowest BCUT2D eigenvalue weighted by Crippen LogP contribution is -2.45. The summed E-state index contributed by atoms with van der Waals surface area (Å²) in [5.74, 6) is -0.397. The van der Waals surface area contributed by atoms with Crippen molar-refractivity contribution in [2.24, 2.45) is 11.8 Å². The summed E-state index contributed by atoms with van der Waals surface area (Å²) in [6, 6.07) is 6.68. The van der Waals surface area contributed by atoms with Crippen molar-refractivity contribution < 1.29 is 28.5 Å². The molecule has 2 heterocycles. The van der Waals surface area contributed by atoms with E-state index in [-0.39, 0.29) is 24.0 Å². The van der Waals surface area contributed by atoms with Crippen molar-refractivity contribution in [3.05, 3.63) is 42.0 Å². The van der Waals surface area contributed by atoms with Gasteiger partial charge in [-0.1, -0.05) is 38.1 Å². The van der Waals surface area contributed by atoms with Crippen molar-refractivity contribution >= 4 is 43.3 Å². The predicted molar refractivity (Wildman–Crippen MR) is 138 cm³/mol. The van der Waals surface area contributed by atoms with Crippen LogP contribution < -0.4 is 10.1 Å². The zero-order valence-electron chi connectivity index (χ0n) is 20.5. The fourth-order valence-electron chi connectivity index (χ4n) is 3.65. The van der Waals surface area contributed by atoms with E-state index in [1.807, 2.05) is 50.3 Å². The van der Waals surface area contributed by atoms with E-state index in [0.29, 0.717) is 36.7 Å². The molecule has 8 nitrogen and oxygen atoms in total. The predicted octanol–water partition coefficient (Wildman–Crippen LogP) is 3.22. The number of ether oxygens (including phenoxy) is 2. The molecule has 2 aliphatic rings. The van der Waals surface area contributed by atoms with Crippen molar-refractivity contribution in [2.75, 3.05) is 25.2 Å². The van der Waals surface area contributed by atoms with E-state index in [0.717, 1.165) is 12.0 Å². The van der Waals surface area contributed by atoms with E-state index in [4.69, 9.17) is 19.5 Å². The highest BCUT2D eigenvalue weighted by Crippen LogP contribution is 2.21. The molecule has 1 amide bonds. The molecule has 189 valence electrons. The van der Waals surface area contributed by atoms with E-state index < -0.39 is 23.7 Å². The molecule has 0 aromatic heterocycles. The lowest BCUT2D eigenvalue weighted by Gasteiger charge is -2.24. The Hall–Kier alpha value is -2.75. The molecular formula is C25H34BN2O6S. The number of hydrogen-bond donors (Lipinski definition) is 2. The Morgan fingerprint density at radius 1 is 1.26 bits per heavy atom. The molecule has 1 aromatic rings. The topological polar surface area (TPSA) is 115 Å². The second kappa shape index (κ2) is 15.3. The number of methoxy groups -OCH3 is 1. The van der Waals surface area contributed by atoms with Crippen LogP contribution >= 0.6 is 11.8 Å². The molecular weight excluding hydrogens is 467 g/mol. The number of amides is 1. The first-order valence-corrected chi connectivity index (χ1v) is 12.8. The van der Waals surface area contributed by atoms with E-state index in [1.165, 1.54) is 26.4 Å². The quantitative estimate of drug-likeness (QED) is 0.202. The number of benzene rings is 1. The Labute approximate surface area is 212 Å². The number of ketones is 1. The van der Waals surface area contributed by atoms with Gasteiger partial charge in [-0.05, 0) is 36.5 Å². The van der Waals surface area contributed by atoms with Gasteiger partial charge in [-0.25, -0.2) is 0 Å². The minimum Gasteiger partial charge on any atom is -0.555 e. The minimum absolute atomic E-state index is 0.0171. The van der Waals surface area contributed by atoms with Crippen LogP contribution in [0.4, 0.5) is 0 Å². The van der Waals surface area contributed by atoms with Gasteiger partial charge in [-0.2, -0.15) is 11.8 Å². The van der Waals surface area contributed by atoms with Crippen LogP contribution in [0.15, 0.2) is 36.4 Å². The molecule has 0 unspecified atom stereocenters. The largest absolute Gasteiger partial charge is 0.555 e. The molecule has 2 bridgehead atoms. The molecule has 1 radical (unpaired) electrons. The van der Waals surface area contributed by atoms with Crippen LogP contribution in [0.5, 0.6) is 5.75 Å². The van der Waals surface area contributed by atoms with Gasteiger partial charge >= 0.3 is 13.5 Å². The van der Waals surface area contributed by atoms with Crippen molar-refractivity contribution in [1.82, 2.24) is 5.32 Å². The Morgan fingerprint density at radius 3 is 2.66 bits per heavy atom. The Bertz CT molecular complexity index is 877. The fourth-order valence-corrected chi connectivity index (χ4v) is 4.60. The summed E-state index contributed by atoms with van der Waals surface area (Å²) in [5, 5.41) is 10.0. The third kappa shape index (κ3) is 10.2. The van der Waals surface area contributed by atoms with Crippen molar-refractivity contribution in [2.45, 2.75) is 45.0 Å². The molecule has 2 aliphatic heterocycles. The van der Waals surface area contributed by atoms with Gasteiger partial charge in [0.25, 0.3) is 0 Å². The SMILES string of the molecule is COC(=O)[C@@H]1CSCC=CCOc2ccc(cc2)C[C@H]([B]OC=N)C(=O)N[C@@H](CC(C)C)C(=O)C1. The molecule has 1 aromatic carbocycles. The number of fused-ring (bicyclic) bond motifs is 15. The third-order valence-corrected chi connectivity index (χ3v) is 6.53. The average molecular weight is 501 g/mol. The van der Waals surface area contributed by atoms with Gasteiger partial charge in [-0.3, -0.25) is 19.8 Å². The summed E-state index contributed by atoms with van der Waals surface area (Å²) in [5.41, 5.74) is 0.879. The van der Waals surface area contributed by atoms with E-state index in [1.54, 1.807) is 0 Å². The van der Waals surface area contributed by atoms with Gasteiger partial charge in [0.15, 0.2) is 5.78 Å². The van der Waals surface area contributed by atoms with Gasteiger partial charge in [0.1, 0.15) is 18.8 Å².